The Balaban J connectivity index is 1.56. The molecule has 1 saturated heterocycles. The van der Waals surface area contributed by atoms with Gasteiger partial charge in [-0.2, -0.15) is 0 Å². The first-order valence-electron chi connectivity index (χ1n) is 10.5. The second-order valence-electron chi connectivity index (χ2n) is 7.37. The van der Waals surface area contributed by atoms with Crippen LogP contribution in [0, 0.1) is 5.82 Å². The average molecular weight is 494 g/mol. The summed E-state index contributed by atoms with van der Waals surface area (Å²) in [6, 6.07) is 11.8. The van der Waals surface area contributed by atoms with Gasteiger partial charge < -0.3 is 18.6 Å². The van der Waals surface area contributed by atoms with Gasteiger partial charge in [-0.05, 0) is 48.0 Å². The van der Waals surface area contributed by atoms with Gasteiger partial charge in [-0.3, -0.25) is 14.9 Å². The van der Waals surface area contributed by atoms with Gasteiger partial charge in [0, 0.05) is 0 Å². The van der Waals surface area contributed by atoms with Crippen LogP contribution in [0.2, 0.25) is 0 Å². The number of nitrogens with zero attached hydrogens (tertiary/aromatic N) is 1. The van der Waals surface area contributed by atoms with Gasteiger partial charge in [-0.25, -0.2) is 18.9 Å². The van der Waals surface area contributed by atoms with Crippen molar-refractivity contribution in [1.29, 1.82) is 0 Å². The summed E-state index contributed by atoms with van der Waals surface area (Å²) in [5.74, 6) is -2.33. The molecular formula is C25H19FN2O8. The summed E-state index contributed by atoms with van der Waals surface area (Å²) >= 11 is 0. The third-order valence-electron chi connectivity index (χ3n) is 5.11. The van der Waals surface area contributed by atoms with E-state index < -0.39 is 29.6 Å². The van der Waals surface area contributed by atoms with Gasteiger partial charge in [0.25, 0.3) is 11.8 Å². The Morgan fingerprint density at radius 1 is 1.06 bits per heavy atom. The molecule has 0 bridgehead atoms. The largest absolute Gasteiger partial charge is 0.493 e. The lowest BCUT2D eigenvalue weighted by molar-refractivity contribution is -0.122. The van der Waals surface area contributed by atoms with E-state index in [1.54, 1.807) is 18.2 Å². The number of hydrogen-bond acceptors (Lipinski definition) is 8. The Labute approximate surface area is 203 Å². The number of nitrogens with one attached hydrogen (secondary N) is 1. The minimum Gasteiger partial charge on any atom is -0.493 e. The first kappa shape index (κ1) is 24.2. The number of hydrogen-bond donors (Lipinski definition) is 1. The predicted octanol–water partition coefficient (Wildman–Crippen LogP) is 3.46. The summed E-state index contributed by atoms with van der Waals surface area (Å²) in [7, 11) is 2.64. The minimum atomic E-state index is -1.05. The van der Waals surface area contributed by atoms with Crippen molar-refractivity contribution in [1.82, 2.24) is 5.32 Å². The normalized spacial score (nSPS) is 14.6. The van der Waals surface area contributed by atoms with Crippen LogP contribution in [-0.2, 0) is 20.9 Å². The highest BCUT2D eigenvalue weighted by molar-refractivity contribution is 6.39. The van der Waals surface area contributed by atoms with Crippen LogP contribution in [0.25, 0.3) is 6.08 Å². The van der Waals surface area contributed by atoms with E-state index >= 15 is 0 Å². The number of para-hydroxylation sites is 1. The van der Waals surface area contributed by atoms with E-state index in [2.05, 4.69) is 4.74 Å². The van der Waals surface area contributed by atoms with Gasteiger partial charge in [0.2, 0.25) is 5.76 Å². The zero-order chi connectivity index (χ0) is 25.8. The van der Waals surface area contributed by atoms with Crippen LogP contribution in [0.4, 0.5) is 14.9 Å². The van der Waals surface area contributed by atoms with E-state index in [0.717, 1.165) is 6.07 Å². The molecule has 0 aliphatic carbocycles. The number of rotatable bonds is 7. The molecule has 36 heavy (non-hydrogen) atoms. The van der Waals surface area contributed by atoms with E-state index in [9.17, 15) is 23.6 Å². The molecule has 2 aromatic carbocycles. The number of methoxy groups -OCH3 is 2. The van der Waals surface area contributed by atoms with E-state index in [0.29, 0.717) is 22.0 Å². The number of anilines is 1. The standard InChI is InChI=1S/C25H19FN2O8/c1-33-21-12-14(7-9-19(21)35-13-15-8-10-20(36-15)24(31)34-2)11-16-22(29)27-25(32)28(23(16)30)18-6-4-3-5-17(18)26/h3-12H,13H2,1-2H3,(H,27,29,32). The second kappa shape index (κ2) is 10.1. The van der Waals surface area contributed by atoms with Gasteiger partial charge in [0.05, 0.1) is 19.9 Å². The summed E-state index contributed by atoms with van der Waals surface area (Å²) in [6.45, 7) is -0.0195. The summed E-state index contributed by atoms with van der Waals surface area (Å²) in [6.07, 6.45) is 1.25. The van der Waals surface area contributed by atoms with Crippen LogP contribution in [0.1, 0.15) is 21.9 Å². The van der Waals surface area contributed by atoms with Gasteiger partial charge in [-0.15, -0.1) is 0 Å². The number of esters is 1. The molecule has 1 aliphatic heterocycles. The van der Waals surface area contributed by atoms with Gasteiger partial charge in [0.15, 0.2) is 11.5 Å². The predicted molar refractivity (Wildman–Crippen MR) is 123 cm³/mol. The Hall–Kier alpha value is -4.93. The van der Waals surface area contributed by atoms with Gasteiger partial charge >= 0.3 is 12.0 Å². The Morgan fingerprint density at radius 2 is 1.83 bits per heavy atom. The monoisotopic (exact) mass is 494 g/mol. The van der Waals surface area contributed by atoms with Crippen LogP contribution in [-0.4, -0.2) is 38.0 Å². The number of urea groups is 1. The van der Waals surface area contributed by atoms with Crippen molar-refractivity contribution in [3.8, 4) is 11.5 Å². The Morgan fingerprint density at radius 3 is 2.56 bits per heavy atom. The topological polar surface area (TPSA) is 124 Å². The molecule has 1 N–H and O–H groups in total. The number of barbiturate groups is 1. The highest BCUT2D eigenvalue weighted by Gasteiger charge is 2.38. The summed E-state index contributed by atoms with van der Waals surface area (Å²) in [5.41, 5.74) is -0.279. The highest BCUT2D eigenvalue weighted by Crippen LogP contribution is 2.31. The molecule has 0 spiro atoms. The zero-order valence-electron chi connectivity index (χ0n) is 19.1. The molecule has 11 heteroatoms. The van der Waals surface area contributed by atoms with Crippen molar-refractivity contribution in [2.75, 3.05) is 19.1 Å². The average Bonchev–Trinajstić information content (AvgIpc) is 3.35. The number of furan rings is 1. The van der Waals surface area contributed by atoms with Crippen LogP contribution in [0.3, 0.4) is 0 Å². The fourth-order valence-corrected chi connectivity index (χ4v) is 3.38. The van der Waals surface area contributed by atoms with Gasteiger partial charge in [-0.1, -0.05) is 18.2 Å². The number of amides is 4. The molecule has 1 fully saturated rings. The fraction of sp³-hybridized carbons (Fsp3) is 0.120. The molecular weight excluding hydrogens is 475 g/mol. The Bertz CT molecular complexity index is 1390. The molecule has 4 rings (SSSR count). The summed E-state index contributed by atoms with van der Waals surface area (Å²) in [5, 5.41) is 2.04. The quantitative estimate of drug-likeness (QED) is 0.301. The summed E-state index contributed by atoms with van der Waals surface area (Å²) < 4.78 is 35.2. The zero-order valence-corrected chi connectivity index (χ0v) is 19.1. The molecule has 184 valence electrons. The lowest BCUT2D eigenvalue weighted by Gasteiger charge is -2.26. The third-order valence-corrected chi connectivity index (χ3v) is 5.11. The number of benzene rings is 2. The van der Waals surface area contributed by atoms with Crippen molar-refractivity contribution in [2.24, 2.45) is 0 Å². The number of carbonyl (C=O) groups excluding carboxylic acids is 4. The van der Waals surface area contributed by atoms with Crippen LogP contribution in [0.15, 0.2) is 64.6 Å². The maximum Gasteiger partial charge on any atom is 0.373 e. The van der Waals surface area contributed by atoms with E-state index in [1.807, 2.05) is 5.32 Å². The molecule has 0 radical (unpaired) electrons. The number of carbonyl (C=O) groups is 4. The minimum absolute atomic E-state index is 0.0195. The molecule has 0 unspecified atom stereocenters. The molecule has 2 heterocycles. The highest BCUT2D eigenvalue weighted by atomic mass is 19.1. The maximum absolute atomic E-state index is 14.2. The van der Waals surface area contributed by atoms with Crippen molar-refractivity contribution in [3.05, 3.63) is 83.1 Å². The third kappa shape index (κ3) is 4.80. The number of ether oxygens (including phenoxy) is 3. The summed E-state index contributed by atoms with van der Waals surface area (Å²) in [4.78, 5) is 49.7. The van der Waals surface area contributed by atoms with E-state index in [4.69, 9.17) is 13.9 Å². The molecule has 1 aromatic heterocycles. The first-order valence-corrected chi connectivity index (χ1v) is 10.5. The van der Waals surface area contributed by atoms with Crippen molar-refractivity contribution in [3.63, 3.8) is 0 Å². The lowest BCUT2D eigenvalue weighted by Crippen LogP contribution is -2.54. The molecule has 10 nitrogen and oxygen atoms in total. The molecule has 4 amide bonds. The molecule has 0 atom stereocenters. The molecule has 0 saturated carbocycles. The molecule has 3 aromatic rings. The second-order valence-corrected chi connectivity index (χ2v) is 7.37. The lowest BCUT2D eigenvalue weighted by atomic mass is 10.1. The van der Waals surface area contributed by atoms with Crippen LogP contribution >= 0.6 is 0 Å². The van der Waals surface area contributed by atoms with Crippen molar-refractivity contribution in [2.45, 2.75) is 6.61 Å². The molecule has 1 aliphatic rings. The van der Waals surface area contributed by atoms with Crippen LogP contribution in [0.5, 0.6) is 11.5 Å². The number of imide groups is 2. The SMILES string of the molecule is COC(=O)c1ccc(COc2ccc(C=C3C(=O)NC(=O)N(c4ccccc4F)C3=O)cc2OC)o1. The smallest absolute Gasteiger partial charge is 0.373 e. The Kier molecular flexibility index (Phi) is 6.81. The fourth-order valence-electron chi connectivity index (χ4n) is 3.38. The first-order chi connectivity index (χ1) is 17.3. The van der Waals surface area contributed by atoms with Gasteiger partial charge in [0.1, 0.15) is 23.8 Å². The van der Waals surface area contributed by atoms with Crippen molar-refractivity contribution < 1.29 is 42.2 Å². The van der Waals surface area contributed by atoms with Crippen molar-refractivity contribution >= 4 is 35.6 Å². The number of halogens is 1. The maximum atomic E-state index is 14.2. The van der Waals surface area contributed by atoms with E-state index in [-0.39, 0.29) is 29.4 Å². The van der Waals surface area contributed by atoms with Crippen LogP contribution < -0.4 is 19.7 Å². The van der Waals surface area contributed by atoms with E-state index in [1.165, 1.54) is 50.6 Å².